The number of methoxy groups -OCH3 is 1. The second kappa shape index (κ2) is 9.01. The molecule has 148 valence electrons. The number of carbonyl (C=O) groups is 2. The number of aryl methyl sites for hydroxylation is 2. The minimum Gasteiger partial charge on any atom is -0.497 e. The summed E-state index contributed by atoms with van der Waals surface area (Å²) >= 11 is 0. The number of hydrogen-bond acceptors (Lipinski definition) is 4. The standard InChI is InChI=1S/C23H23N3O3/c1-15-5-4-6-16(2)21(15)26-23(28)19-11-18(13-24-14-19)22(27)25-12-17-7-9-20(29-3)10-8-17/h4-11,13-14H,12H2,1-3H3,(H,25,27)(H,26,28). The van der Waals surface area contributed by atoms with Gasteiger partial charge in [0.1, 0.15) is 5.75 Å². The number of pyridine rings is 1. The lowest BCUT2D eigenvalue weighted by Crippen LogP contribution is -2.23. The van der Waals surface area contributed by atoms with Crippen LogP contribution in [-0.2, 0) is 6.54 Å². The molecule has 0 saturated carbocycles. The lowest BCUT2D eigenvalue weighted by molar-refractivity contribution is 0.0950. The van der Waals surface area contributed by atoms with Crippen LogP contribution in [0.4, 0.5) is 5.69 Å². The summed E-state index contributed by atoms with van der Waals surface area (Å²) in [7, 11) is 1.60. The van der Waals surface area contributed by atoms with Gasteiger partial charge in [-0.25, -0.2) is 0 Å². The molecule has 1 aromatic heterocycles. The summed E-state index contributed by atoms with van der Waals surface area (Å²) in [6.45, 7) is 4.23. The van der Waals surface area contributed by atoms with Crippen molar-refractivity contribution < 1.29 is 14.3 Å². The normalized spacial score (nSPS) is 10.3. The van der Waals surface area contributed by atoms with Gasteiger partial charge in [-0.15, -0.1) is 0 Å². The maximum absolute atomic E-state index is 12.6. The van der Waals surface area contributed by atoms with E-state index in [1.165, 1.54) is 12.4 Å². The Morgan fingerprint density at radius 3 is 2.17 bits per heavy atom. The predicted molar refractivity (Wildman–Crippen MR) is 112 cm³/mol. The summed E-state index contributed by atoms with van der Waals surface area (Å²) in [4.78, 5) is 29.2. The SMILES string of the molecule is COc1ccc(CNC(=O)c2cncc(C(=O)Nc3c(C)cccc3C)c2)cc1. The van der Waals surface area contributed by atoms with E-state index in [1.54, 1.807) is 13.2 Å². The highest BCUT2D eigenvalue weighted by Gasteiger charge is 2.13. The van der Waals surface area contributed by atoms with Crippen molar-refractivity contribution in [3.63, 3.8) is 0 Å². The van der Waals surface area contributed by atoms with Gasteiger partial charge < -0.3 is 15.4 Å². The summed E-state index contributed by atoms with van der Waals surface area (Å²) in [5, 5.41) is 5.74. The van der Waals surface area contributed by atoms with Gasteiger partial charge in [-0.3, -0.25) is 14.6 Å². The number of hydrogen-bond donors (Lipinski definition) is 2. The molecule has 3 rings (SSSR count). The molecule has 2 amide bonds. The van der Waals surface area contributed by atoms with E-state index in [0.717, 1.165) is 28.1 Å². The Morgan fingerprint density at radius 2 is 1.55 bits per heavy atom. The van der Waals surface area contributed by atoms with Crippen LogP contribution in [0.25, 0.3) is 0 Å². The van der Waals surface area contributed by atoms with E-state index in [0.29, 0.717) is 17.7 Å². The maximum Gasteiger partial charge on any atom is 0.257 e. The molecule has 0 aliphatic carbocycles. The quantitative estimate of drug-likeness (QED) is 0.670. The van der Waals surface area contributed by atoms with Crippen LogP contribution in [0, 0.1) is 13.8 Å². The van der Waals surface area contributed by atoms with Gasteiger partial charge in [0.05, 0.1) is 18.2 Å². The Balaban J connectivity index is 1.67. The smallest absolute Gasteiger partial charge is 0.257 e. The summed E-state index contributed by atoms with van der Waals surface area (Å²) in [5.41, 5.74) is 4.31. The molecule has 29 heavy (non-hydrogen) atoms. The van der Waals surface area contributed by atoms with Crippen molar-refractivity contribution in [3.8, 4) is 5.75 Å². The molecule has 6 nitrogen and oxygen atoms in total. The highest BCUT2D eigenvalue weighted by molar-refractivity contribution is 6.06. The van der Waals surface area contributed by atoms with Crippen molar-refractivity contribution in [3.05, 3.63) is 88.7 Å². The van der Waals surface area contributed by atoms with E-state index in [2.05, 4.69) is 15.6 Å². The first kappa shape index (κ1) is 20.1. The van der Waals surface area contributed by atoms with Gasteiger partial charge in [-0.05, 0) is 48.7 Å². The first-order valence-electron chi connectivity index (χ1n) is 9.21. The number of nitrogens with one attached hydrogen (secondary N) is 2. The third-order valence-corrected chi connectivity index (χ3v) is 4.59. The van der Waals surface area contributed by atoms with Crippen LogP contribution in [0.3, 0.4) is 0 Å². The maximum atomic E-state index is 12.6. The van der Waals surface area contributed by atoms with Crippen LogP contribution in [0.1, 0.15) is 37.4 Å². The van der Waals surface area contributed by atoms with Gasteiger partial charge in [0, 0.05) is 24.6 Å². The van der Waals surface area contributed by atoms with Gasteiger partial charge in [-0.2, -0.15) is 0 Å². The number of amides is 2. The van der Waals surface area contributed by atoms with Gasteiger partial charge in [0.2, 0.25) is 0 Å². The van der Waals surface area contributed by atoms with Crippen LogP contribution in [-0.4, -0.2) is 23.9 Å². The van der Waals surface area contributed by atoms with Gasteiger partial charge in [-0.1, -0.05) is 30.3 Å². The van der Waals surface area contributed by atoms with Gasteiger partial charge in [0.25, 0.3) is 11.8 Å². The minimum absolute atomic E-state index is 0.296. The van der Waals surface area contributed by atoms with Crippen LogP contribution in [0.15, 0.2) is 60.9 Å². The van der Waals surface area contributed by atoms with Crippen molar-refractivity contribution in [1.29, 1.82) is 0 Å². The third kappa shape index (κ3) is 4.99. The van der Waals surface area contributed by atoms with E-state index >= 15 is 0 Å². The van der Waals surface area contributed by atoms with E-state index in [9.17, 15) is 9.59 Å². The lowest BCUT2D eigenvalue weighted by atomic mass is 10.1. The van der Waals surface area contributed by atoms with Crippen molar-refractivity contribution in [2.45, 2.75) is 20.4 Å². The number of carbonyl (C=O) groups excluding carboxylic acids is 2. The van der Waals surface area contributed by atoms with Crippen molar-refractivity contribution in [2.24, 2.45) is 0 Å². The number of ether oxygens (including phenoxy) is 1. The van der Waals surface area contributed by atoms with E-state index < -0.39 is 0 Å². The average molecular weight is 389 g/mol. The van der Waals surface area contributed by atoms with Crippen molar-refractivity contribution in [1.82, 2.24) is 10.3 Å². The molecule has 0 fully saturated rings. The third-order valence-electron chi connectivity index (χ3n) is 4.59. The van der Waals surface area contributed by atoms with E-state index in [-0.39, 0.29) is 11.8 Å². The number of nitrogens with zero attached hydrogens (tertiary/aromatic N) is 1. The zero-order chi connectivity index (χ0) is 20.8. The fraction of sp³-hybridized carbons (Fsp3) is 0.174. The molecule has 1 heterocycles. The summed E-state index contributed by atoms with van der Waals surface area (Å²) in [6.07, 6.45) is 2.89. The monoisotopic (exact) mass is 389 g/mol. The lowest BCUT2D eigenvalue weighted by Gasteiger charge is -2.12. The Labute approximate surface area is 169 Å². The summed E-state index contributed by atoms with van der Waals surface area (Å²) < 4.78 is 5.12. The molecule has 0 aliphatic rings. The highest BCUT2D eigenvalue weighted by atomic mass is 16.5. The van der Waals surface area contributed by atoms with Crippen LogP contribution < -0.4 is 15.4 Å². The Morgan fingerprint density at radius 1 is 0.931 bits per heavy atom. The second-order valence-electron chi connectivity index (χ2n) is 6.71. The zero-order valence-corrected chi connectivity index (χ0v) is 16.7. The molecule has 0 radical (unpaired) electrons. The fourth-order valence-electron chi connectivity index (χ4n) is 2.91. The molecule has 0 saturated heterocycles. The second-order valence-corrected chi connectivity index (χ2v) is 6.71. The highest BCUT2D eigenvalue weighted by Crippen LogP contribution is 2.20. The molecule has 0 unspecified atom stereocenters. The van der Waals surface area contributed by atoms with Crippen LogP contribution in [0.5, 0.6) is 5.75 Å². The fourth-order valence-corrected chi connectivity index (χ4v) is 2.91. The Bertz CT molecular complexity index is 1010. The zero-order valence-electron chi connectivity index (χ0n) is 16.7. The first-order valence-corrected chi connectivity index (χ1v) is 9.21. The van der Waals surface area contributed by atoms with Gasteiger partial charge >= 0.3 is 0 Å². The summed E-state index contributed by atoms with van der Waals surface area (Å²) in [5.74, 6) is 0.154. The molecule has 0 bridgehead atoms. The van der Waals surface area contributed by atoms with Crippen LogP contribution in [0.2, 0.25) is 0 Å². The molecule has 0 atom stereocenters. The number of anilines is 1. The molecule has 3 aromatic rings. The number of aromatic nitrogens is 1. The average Bonchev–Trinajstić information content (AvgIpc) is 2.75. The number of para-hydroxylation sites is 1. The molecule has 2 N–H and O–H groups in total. The molecule has 6 heteroatoms. The minimum atomic E-state index is -0.306. The Hall–Kier alpha value is -3.67. The van der Waals surface area contributed by atoms with Gasteiger partial charge in [0.15, 0.2) is 0 Å². The topological polar surface area (TPSA) is 80.3 Å². The van der Waals surface area contributed by atoms with E-state index in [4.69, 9.17) is 4.74 Å². The number of benzene rings is 2. The molecular weight excluding hydrogens is 366 g/mol. The Kier molecular flexibility index (Phi) is 6.24. The first-order chi connectivity index (χ1) is 14.0. The summed E-state index contributed by atoms with van der Waals surface area (Å²) in [6, 6.07) is 14.8. The molecule has 2 aromatic carbocycles. The number of rotatable bonds is 6. The predicted octanol–water partition coefficient (Wildman–Crippen LogP) is 3.89. The van der Waals surface area contributed by atoms with Crippen molar-refractivity contribution in [2.75, 3.05) is 12.4 Å². The molecule has 0 aliphatic heterocycles. The molecular formula is C23H23N3O3. The van der Waals surface area contributed by atoms with Crippen molar-refractivity contribution >= 4 is 17.5 Å². The molecule has 0 spiro atoms. The van der Waals surface area contributed by atoms with E-state index in [1.807, 2.05) is 56.3 Å². The van der Waals surface area contributed by atoms with Crippen LogP contribution >= 0.6 is 0 Å². The largest absolute Gasteiger partial charge is 0.497 e.